The summed E-state index contributed by atoms with van der Waals surface area (Å²) in [4.78, 5) is 196. The predicted octanol–water partition coefficient (Wildman–Crippen LogP) is 18.9. The van der Waals surface area contributed by atoms with Crippen LogP contribution in [0.3, 0.4) is 0 Å². The number of ether oxygens (including phenoxy) is 5. The highest BCUT2D eigenvalue weighted by Gasteiger charge is 2.33. The van der Waals surface area contributed by atoms with Crippen LogP contribution in [0.25, 0.3) is 0 Å². The van der Waals surface area contributed by atoms with Crippen molar-refractivity contribution < 1.29 is 106 Å². The van der Waals surface area contributed by atoms with E-state index < -0.39 is 75.7 Å². The molecule has 0 heterocycles. The van der Waals surface area contributed by atoms with E-state index in [1.165, 1.54) is 89.8 Å². The zero-order valence-corrected chi connectivity index (χ0v) is 88.3. The minimum atomic E-state index is -1.21. The average molecular weight is 1880 g/mol. The van der Waals surface area contributed by atoms with Gasteiger partial charge in [0.1, 0.15) is 28.0 Å². The van der Waals surface area contributed by atoms with Crippen LogP contribution in [-0.2, 0) is 23.7 Å². The van der Waals surface area contributed by atoms with Crippen molar-refractivity contribution in [2.75, 3.05) is 87.1 Å². The van der Waals surface area contributed by atoms with Gasteiger partial charge in [-0.2, -0.15) is 0 Å². The molecule has 0 aliphatic carbocycles. The molecule has 0 saturated carbocycles. The van der Waals surface area contributed by atoms with E-state index in [-0.39, 0.29) is 146 Å². The molecule has 8 amide bonds. The molecule has 0 aromatic heterocycles. The number of hydrogen-bond donors (Lipinski definition) is 4. The largest absolute Gasteiger partial charge is 0.478 e. The molecule has 30 heteroatoms. The first kappa shape index (κ1) is 121. The summed E-state index contributed by atoms with van der Waals surface area (Å²) >= 11 is 0. The van der Waals surface area contributed by atoms with Crippen LogP contribution < -0.4 is 11.1 Å². The summed E-state index contributed by atoms with van der Waals surface area (Å²) in [5.74, 6) is -8.16. The summed E-state index contributed by atoms with van der Waals surface area (Å²) in [6.07, 6.45) is 0. The van der Waals surface area contributed by atoms with E-state index in [4.69, 9.17) is 29.4 Å². The molecule has 0 spiro atoms. The summed E-state index contributed by atoms with van der Waals surface area (Å²) in [6, 6.07) is 21.1. The molecular weight excluding hydrogens is 1730 g/mol. The number of nitrogens with one attached hydrogen (secondary N) is 1. The molecular formula is C105H158N8O22. The fourth-order valence-corrected chi connectivity index (χ4v) is 12.9. The first-order chi connectivity index (χ1) is 60.7. The minimum Gasteiger partial charge on any atom is -0.478 e. The van der Waals surface area contributed by atoms with Crippen molar-refractivity contribution in [1.82, 2.24) is 34.7 Å². The molecule has 0 radical (unpaired) electrons. The van der Waals surface area contributed by atoms with Crippen LogP contribution in [0.1, 0.15) is 405 Å². The lowest BCUT2D eigenvalue weighted by molar-refractivity contribution is 0.00567. The van der Waals surface area contributed by atoms with Crippen LogP contribution >= 0.6 is 0 Å². The number of carbonyl (C=O) groups is 15. The fourth-order valence-electron chi connectivity index (χ4n) is 12.9. The molecule has 5 aromatic rings. The molecule has 5 rings (SSSR count). The molecule has 30 nitrogen and oxygen atoms in total. The van der Waals surface area contributed by atoms with Gasteiger partial charge in [0, 0.05) is 132 Å². The molecule has 0 saturated heterocycles. The third-order valence-electron chi connectivity index (χ3n) is 17.8. The first-order valence-corrected chi connectivity index (χ1v) is 45.3. The molecule has 0 fully saturated rings. The van der Waals surface area contributed by atoms with Gasteiger partial charge in [-0.1, -0.05) is 125 Å². The zero-order valence-electron chi connectivity index (χ0n) is 88.3. The van der Waals surface area contributed by atoms with Gasteiger partial charge in [0.05, 0.1) is 38.9 Å². The second kappa shape index (κ2) is 48.6. The zero-order chi connectivity index (χ0) is 105. The highest BCUT2D eigenvalue weighted by molar-refractivity contribution is 6.07. The standard InChI is InChI=1S/C26H42N2O4.C24H38N2O4.C19H28N2O4.C19H27NO5.C17H23NO5/c1-12-28(17-25(5,6)7)22(30)19-13-18(21(29)27(11)16-24(2,3)4)14-20(15-19)23(31)32-26(8,9)10;1-22(2,3)14-25-19(27)16-11-17(20(28)26(10)15-23(4,5)6)13-18(12-16)21(29)30-24(7,8)9;1-18(2,3)11-21(7)16(23)13-8-12(15(20)22)9-14(10-13)17(24)25-19(4,5)6;1-18(2,3)11-20(7)15(21)12-8-13(16(22)23)10-14(9-12)17(24)25-19(4,5)6;1-6-18(7-2)14(19)11-8-12(15(20)21)10-13(9-11)16(22)23-17(3,4)5/h13-15H,12,16-17H2,1-11H3;11-13H,14-15H2,1-10H3,(H,25,27);8-10H,11H2,1-7H3,(H2,20,22);8-10H,11H2,1-7H3,(H,22,23);8-10H,6-7H2,1-5H3,(H,20,21). The van der Waals surface area contributed by atoms with Crippen molar-refractivity contribution in [2.24, 2.45) is 38.2 Å². The predicted molar refractivity (Wildman–Crippen MR) is 526 cm³/mol. The van der Waals surface area contributed by atoms with E-state index in [1.807, 2.05) is 104 Å². The summed E-state index contributed by atoms with van der Waals surface area (Å²) in [5.41, 5.74) is 3.45. The monoisotopic (exact) mass is 1880 g/mol. The Kier molecular flexibility index (Phi) is 43.6. The Balaban J connectivity index is 0.000000848. The van der Waals surface area contributed by atoms with Crippen LogP contribution in [0, 0.1) is 32.5 Å². The molecule has 5 aromatic carbocycles. The van der Waals surface area contributed by atoms with Gasteiger partial charge in [-0.15, -0.1) is 0 Å². The summed E-state index contributed by atoms with van der Waals surface area (Å²) < 4.78 is 26.8. The van der Waals surface area contributed by atoms with E-state index in [1.54, 1.807) is 163 Å². The van der Waals surface area contributed by atoms with Gasteiger partial charge < -0.3 is 74.3 Å². The van der Waals surface area contributed by atoms with E-state index >= 15 is 0 Å². The van der Waals surface area contributed by atoms with Crippen molar-refractivity contribution in [3.63, 3.8) is 0 Å². The number of carbonyl (C=O) groups excluding carboxylic acids is 13. The number of nitrogens with zero attached hydrogens (tertiary/aromatic N) is 6. The highest BCUT2D eigenvalue weighted by Crippen LogP contribution is 2.29. The molecule has 0 bridgehead atoms. The number of carboxylic acid groups (broad SMARTS) is 2. The lowest BCUT2D eigenvalue weighted by Gasteiger charge is -2.30. The third-order valence-corrected chi connectivity index (χ3v) is 17.8. The van der Waals surface area contributed by atoms with Gasteiger partial charge >= 0.3 is 41.8 Å². The Morgan fingerprint density at radius 3 is 0.630 bits per heavy atom. The van der Waals surface area contributed by atoms with Gasteiger partial charge in [0.2, 0.25) is 5.91 Å². The van der Waals surface area contributed by atoms with Crippen LogP contribution in [0.2, 0.25) is 0 Å². The topological polar surface area (TPSA) is 400 Å². The number of esters is 5. The number of nitrogens with two attached hydrogens (primary N) is 1. The van der Waals surface area contributed by atoms with Gasteiger partial charge in [-0.25, -0.2) is 33.6 Å². The Labute approximate surface area is 802 Å². The van der Waals surface area contributed by atoms with E-state index in [0.717, 1.165) is 0 Å². The van der Waals surface area contributed by atoms with Crippen molar-refractivity contribution in [1.29, 1.82) is 0 Å². The molecule has 0 atom stereocenters. The number of benzene rings is 5. The van der Waals surface area contributed by atoms with Crippen LogP contribution in [0.4, 0.5) is 0 Å². The molecule has 135 heavy (non-hydrogen) atoms. The second-order valence-electron chi connectivity index (χ2n) is 46.0. The molecule has 0 unspecified atom stereocenters. The van der Waals surface area contributed by atoms with Crippen LogP contribution in [0.15, 0.2) is 91.0 Å². The number of rotatable bonds is 24. The highest BCUT2D eigenvalue weighted by atomic mass is 16.6. The number of amides is 8. The van der Waals surface area contributed by atoms with E-state index in [9.17, 15) is 82.1 Å². The maximum atomic E-state index is 13.3. The van der Waals surface area contributed by atoms with Crippen molar-refractivity contribution in [3.8, 4) is 0 Å². The third kappa shape index (κ3) is 46.8. The summed E-state index contributed by atoms with van der Waals surface area (Å²) in [7, 11) is 6.77. The maximum absolute atomic E-state index is 13.3. The van der Waals surface area contributed by atoms with E-state index in [2.05, 4.69) is 46.9 Å². The Morgan fingerprint density at radius 2 is 0.430 bits per heavy atom. The van der Waals surface area contributed by atoms with Crippen molar-refractivity contribution >= 4 is 89.0 Å². The lowest BCUT2D eigenvalue weighted by Crippen LogP contribution is -2.38. The summed E-state index contributed by atoms with van der Waals surface area (Å²) in [5, 5.41) is 21.4. The SMILES string of the molecule is CCN(CC(C)(C)C)C(=O)c1cc(C(=O)OC(C)(C)C)cc(C(=O)N(C)CC(C)(C)C)c1.CCN(CC)C(=O)c1cc(C(=O)O)cc(C(=O)OC(C)(C)C)c1.CN(CC(C)(C)C)C(=O)c1cc(C(=O)NCC(C)(C)C)cc(C(=O)OC(C)(C)C)c1.CN(CC(C)(C)C)C(=O)c1cc(C(=O)O)cc(C(=O)OC(C)(C)C)c1.CN(CC(C)(C)C)C(=O)c1cc(C(N)=O)cc(C(=O)OC(C)(C)C)c1. The van der Waals surface area contributed by atoms with Gasteiger partial charge in [-0.3, -0.25) is 38.4 Å². The quantitative estimate of drug-likeness (QED) is 0.0329. The number of aromatic carboxylic acids is 2. The molecule has 0 aliphatic heterocycles. The lowest BCUT2D eigenvalue weighted by atomic mass is 9.95. The number of carboxylic acids is 2. The van der Waals surface area contributed by atoms with Crippen molar-refractivity contribution in [3.05, 3.63) is 174 Å². The Hall–Kier alpha value is -11.9. The minimum absolute atomic E-state index is 0.0438. The average Bonchev–Trinajstić information content (AvgIpc) is 0.831. The fraction of sp³-hybridized carbons (Fsp3) is 0.571. The molecule has 0 aliphatic rings. The Bertz CT molecular complexity index is 4940. The van der Waals surface area contributed by atoms with Gasteiger partial charge in [0.25, 0.3) is 41.4 Å². The maximum Gasteiger partial charge on any atom is 0.338 e. The normalized spacial score (nSPS) is 11.9. The second-order valence-corrected chi connectivity index (χ2v) is 46.0. The van der Waals surface area contributed by atoms with Crippen LogP contribution in [0.5, 0.6) is 0 Å². The Morgan fingerprint density at radius 1 is 0.252 bits per heavy atom. The van der Waals surface area contributed by atoms with Gasteiger partial charge in [0.15, 0.2) is 0 Å². The van der Waals surface area contributed by atoms with E-state index in [0.29, 0.717) is 70.0 Å². The van der Waals surface area contributed by atoms with Crippen molar-refractivity contribution in [2.45, 2.75) is 277 Å². The van der Waals surface area contributed by atoms with Crippen LogP contribution in [-0.4, -0.2) is 244 Å². The molecule has 750 valence electrons. The summed E-state index contributed by atoms with van der Waals surface area (Å²) in [6.45, 7) is 73.0. The number of primary amides is 1. The smallest absolute Gasteiger partial charge is 0.338 e. The number of hydrogen-bond acceptors (Lipinski definition) is 20. The molecule has 5 N–H and O–H groups in total. The first-order valence-electron chi connectivity index (χ1n) is 45.3. The van der Waals surface area contributed by atoms with Gasteiger partial charge in [-0.05, 0) is 248 Å².